The topological polar surface area (TPSA) is 50.8 Å². The number of piperazine rings is 1. The number of nitrogens with one attached hydrogen (secondary N) is 1. The molecule has 1 aliphatic rings. The van der Waals surface area contributed by atoms with Crippen LogP contribution in [0.5, 0.6) is 5.75 Å². The van der Waals surface area contributed by atoms with E-state index in [1.807, 2.05) is 18.2 Å². The van der Waals surface area contributed by atoms with Gasteiger partial charge in [0.05, 0.1) is 14.2 Å². The largest absolute Gasteiger partial charge is 0.496 e. The van der Waals surface area contributed by atoms with Crippen molar-refractivity contribution in [3.63, 3.8) is 0 Å². The summed E-state index contributed by atoms with van der Waals surface area (Å²) >= 11 is 0. The van der Waals surface area contributed by atoms with E-state index >= 15 is 0 Å². The van der Waals surface area contributed by atoms with Crippen molar-refractivity contribution in [1.82, 2.24) is 5.32 Å². The van der Waals surface area contributed by atoms with Gasteiger partial charge in [0.25, 0.3) is 0 Å². The van der Waals surface area contributed by atoms with Crippen LogP contribution in [-0.4, -0.2) is 46.4 Å². The molecule has 0 spiro atoms. The fourth-order valence-corrected chi connectivity index (χ4v) is 2.09. The Kier molecular flexibility index (Phi) is 4.04. The number of anilines is 1. The number of nitrogens with zero attached hydrogens (tertiary/aromatic N) is 1. The van der Waals surface area contributed by atoms with Crippen molar-refractivity contribution in [3.05, 3.63) is 23.8 Å². The Morgan fingerprint density at radius 2 is 2.00 bits per heavy atom. The average Bonchev–Trinajstić information content (AvgIpc) is 2.46. The normalized spacial score (nSPS) is 15.3. The number of carbonyl (C=O) groups is 1. The zero-order valence-corrected chi connectivity index (χ0v) is 10.7. The number of methoxy groups -OCH3 is 2. The van der Waals surface area contributed by atoms with E-state index in [9.17, 15) is 4.79 Å². The highest BCUT2D eigenvalue weighted by atomic mass is 16.5. The van der Waals surface area contributed by atoms with E-state index < -0.39 is 0 Å². The van der Waals surface area contributed by atoms with E-state index in [1.165, 1.54) is 7.11 Å². The Bertz CT molecular complexity index is 428. The first kappa shape index (κ1) is 12.7. The van der Waals surface area contributed by atoms with Crippen molar-refractivity contribution in [2.45, 2.75) is 0 Å². The van der Waals surface area contributed by atoms with E-state index in [1.54, 1.807) is 7.11 Å². The van der Waals surface area contributed by atoms with Crippen molar-refractivity contribution >= 4 is 11.7 Å². The molecular formula is C13H18N2O3. The fraction of sp³-hybridized carbons (Fsp3) is 0.462. The van der Waals surface area contributed by atoms with Crippen molar-refractivity contribution in [1.29, 1.82) is 0 Å². The van der Waals surface area contributed by atoms with Crippen molar-refractivity contribution in [3.8, 4) is 5.75 Å². The Labute approximate surface area is 107 Å². The van der Waals surface area contributed by atoms with Gasteiger partial charge < -0.3 is 19.7 Å². The summed E-state index contributed by atoms with van der Waals surface area (Å²) in [5, 5.41) is 3.30. The summed E-state index contributed by atoms with van der Waals surface area (Å²) in [6.07, 6.45) is 0. The third-order valence-electron chi connectivity index (χ3n) is 3.07. The maximum atomic E-state index is 11.7. The summed E-state index contributed by atoms with van der Waals surface area (Å²) in [5.74, 6) is 0.171. The third kappa shape index (κ3) is 2.56. The van der Waals surface area contributed by atoms with Gasteiger partial charge in [0, 0.05) is 31.9 Å². The molecule has 98 valence electrons. The number of carbonyl (C=O) groups excluding carboxylic acids is 1. The number of benzene rings is 1. The van der Waals surface area contributed by atoms with Crippen molar-refractivity contribution < 1.29 is 14.3 Å². The smallest absolute Gasteiger partial charge is 0.341 e. The summed E-state index contributed by atoms with van der Waals surface area (Å²) in [4.78, 5) is 13.9. The van der Waals surface area contributed by atoms with Crippen LogP contribution in [0, 0.1) is 0 Å². The molecule has 18 heavy (non-hydrogen) atoms. The Hall–Kier alpha value is -1.75. The summed E-state index contributed by atoms with van der Waals surface area (Å²) in [7, 11) is 2.92. The molecule has 5 nitrogen and oxygen atoms in total. The molecular weight excluding hydrogens is 232 g/mol. The maximum Gasteiger partial charge on any atom is 0.341 e. The molecule has 1 aromatic carbocycles. The van der Waals surface area contributed by atoms with Gasteiger partial charge in [-0.2, -0.15) is 0 Å². The highest BCUT2D eigenvalue weighted by molar-refractivity contribution is 5.93. The number of rotatable bonds is 3. The standard InChI is InChI=1S/C13H18N2O3/c1-17-12-4-3-10(9-11(12)13(16)18-2)15-7-5-14-6-8-15/h3-4,9,14H,5-8H2,1-2H3. The molecule has 1 N–H and O–H groups in total. The molecule has 0 amide bonds. The lowest BCUT2D eigenvalue weighted by Gasteiger charge is -2.29. The number of ether oxygens (including phenoxy) is 2. The molecule has 0 unspecified atom stereocenters. The molecule has 0 bridgehead atoms. The van der Waals surface area contributed by atoms with Gasteiger partial charge in [0.15, 0.2) is 0 Å². The van der Waals surface area contributed by atoms with Gasteiger partial charge >= 0.3 is 5.97 Å². The molecule has 0 saturated carbocycles. The predicted molar refractivity (Wildman–Crippen MR) is 69.4 cm³/mol. The molecule has 2 rings (SSSR count). The van der Waals surface area contributed by atoms with Gasteiger partial charge in [-0.25, -0.2) is 4.79 Å². The lowest BCUT2D eigenvalue weighted by atomic mass is 10.1. The van der Waals surface area contributed by atoms with Crippen LogP contribution in [0.3, 0.4) is 0 Å². The predicted octanol–water partition coefficient (Wildman–Crippen LogP) is 0.891. The van der Waals surface area contributed by atoms with Crippen LogP contribution in [0.1, 0.15) is 10.4 Å². The fourth-order valence-electron chi connectivity index (χ4n) is 2.09. The molecule has 1 heterocycles. The number of esters is 1. The zero-order chi connectivity index (χ0) is 13.0. The lowest BCUT2D eigenvalue weighted by molar-refractivity contribution is 0.0597. The van der Waals surface area contributed by atoms with E-state index in [-0.39, 0.29) is 5.97 Å². The molecule has 5 heteroatoms. The second-order valence-electron chi connectivity index (χ2n) is 4.11. The molecule has 0 radical (unpaired) electrons. The second kappa shape index (κ2) is 5.73. The van der Waals surface area contributed by atoms with Crippen molar-refractivity contribution in [2.75, 3.05) is 45.3 Å². The summed E-state index contributed by atoms with van der Waals surface area (Å²) in [5.41, 5.74) is 1.49. The van der Waals surface area contributed by atoms with Gasteiger partial charge in [-0.3, -0.25) is 0 Å². The highest BCUT2D eigenvalue weighted by Gasteiger charge is 2.17. The lowest BCUT2D eigenvalue weighted by Crippen LogP contribution is -2.43. The third-order valence-corrected chi connectivity index (χ3v) is 3.07. The molecule has 0 atom stereocenters. The number of hydrogen-bond donors (Lipinski definition) is 1. The van der Waals surface area contributed by atoms with Gasteiger partial charge in [0.2, 0.25) is 0 Å². The van der Waals surface area contributed by atoms with Crippen LogP contribution in [0.25, 0.3) is 0 Å². The molecule has 1 aliphatic heterocycles. The van der Waals surface area contributed by atoms with Crippen LogP contribution < -0.4 is 15.0 Å². The van der Waals surface area contributed by atoms with Crippen LogP contribution in [-0.2, 0) is 4.74 Å². The first-order valence-electron chi connectivity index (χ1n) is 5.98. The minimum Gasteiger partial charge on any atom is -0.496 e. The van der Waals surface area contributed by atoms with Gasteiger partial charge in [-0.05, 0) is 18.2 Å². The van der Waals surface area contributed by atoms with Gasteiger partial charge in [-0.15, -0.1) is 0 Å². The maximum absolute atomic E-state index is 11.7. The summed E-state index contributed by atoms with van der Waals surface area (Å²) < 4.78 is 9.95. The van der Waals surface area contributed by atoms with E-state index in [0.29, 0.717) is 11.3 Å². The van der Waals surface area contributed by atoms with Crippen LogP contribution in [0.15, 0.2) is 18.2 Å². The van der Waals surface area contributed by atoms with Crippen LogP contribution in [0.2, 0.25) is 0 Å². The molecule has 1 aromatic rings. The molecule has 1 fully saturated rings. The van der Waals surface area contributed by atoms with Crippen LogP contribution >= 0.6 is 0 Å². The summed E-state index contributed by atoms with van der Waals surface area (Å²) in [6.45, 7) is 3.79. The van der Waals surface area contributed by atoms with E-state index in [2.05, 4.69) is 10.2 Å². The van der Waals surface area contributed by atoms with Crippen molar-refractivity contribution in [2.24, 2.45) is 0 Å². The van der Waals surface area contributed by atoms with Gasteiger partial charge in [0.1, 0.15) is 11.3 Å². The van der Waals surface area contributed by atoms with E-state index in [4.69, 9.17) is 9.47 Å². The quantitative estimate of drug-likeness (QED) is 0.807. The van der Waals surface area contributed by atoms with E-state index in [0.717, 1.165) is 31.9 Å². The SMILES string of the molecule is COC(=O)c1cc(N2CCNCC2)ccc1OC. The number of hydrogen-bond acceptors (Lipinski definition) is 5. The highest BCUT2D eigenvalue weighted by Crippen LogP contribution is 2.25. The minimum atomic E-state index is -0.371. The monoisotopic (exact) mass is 250 g/mol. The van der Waals surface area contributed by atoms with Crippen LogP contribution in [0.4, 0.5) is 5.69 Å². The Balaban J connectivity index is 2.29. The van der Waals surface area contributed by atoms with Gasteiger partial charge in [-0.1, -0.05) is 0 Å². The second-order valence-corrected chi connectivity index (χ2v) is 4.11. The first-order valence-corrected chi connectivity index (χ1v) is 5.98. The zero-order valence-electron chi connectivity index (χ0n) is 10.7. The minimum absolute atomic E-state index is 0.371. The molecule has 1 saturated heterocycles. The molecule has 0 aromatic heterocycles. The molecule has 0 aliphatic carbocycles. The summed E-state index contributed by atoms with van der Waals surface area (Å²) in [6, 6.07) is 5.61. The Morgan fingerprint density at radius 3 is 2.61 bits per heavy atom. The Morgan fingerprint density at radius 1 is 1.28 bits per heavy atom. The first-order chi connectivity index (χ1) is 8.76. The average molecular weight is 250 g/mol.